The summed E-state index contributed by atoms with van der Waals surface area (Å²) in [5.74, 6) is -0.290. The Bertz CT molecular complexity index is 1130. The lowest BCUT2D eigenvalue weighted by Crippen LogP contribution is -2.23. The molecular formula is C20H19FN6O2. The standard InChI is InChI=1S/C20H19FN6O2/c1-9-17-14(27-20(23)25-9)5-10(6-16(17)28)12-4-3-11(21)7-13(12)15-8-24-18(22)19(26-15)29-2/h3-4,7-8,10H,5-6H2,1-2H3,(H2,22,24)(H2,23,25,27). The number of carbonyl (C=O) groups is 1. The maximum Gasteiger partial charge on any atom is 0.257 e. The summed E-state index contributed by atoms with van der Waals surface area (Å²) in [4.78, 5) is 29.6. The number of aromatic nitrogens is 4. The number of fused-ring (bicyclic) bond motifs is 1. The Kier molecular flexibility index (Phi) is 4.57. The molecule has 1 aromatic carbocycles. The van der Waals surface area contributed by atoms with Crippen molar-refractivity contribution in [1.82, 2.24) is 19.9 Å². The molecule has 2 aromatic heterocycles. The van der Waals surface area contributed by atoms with Crippen LogP contribution in [0.2, 0.25) is 0 Å². The van der Waals surface area contributed by atoms with Gasteiger partial charge in [-0.1, -0.05) is 6.07 Å². The fourth-order valence-corrected chi connectivity index (χ4v) is 3.79. The number of nitrogens with two attached hydrogens (primary N) is 2. The van der Waals surface area contributed by atoms with Gasteiger partial charge < -0.3 is 16.2 Å². The van der Waals surface area contributed by atoms with E-state index in [1.807, 2.05) is 0 Å². The van der Waals surface area contributed by atoms with Crippen LogP contribution in [0.5, 0.6) is 5.88 Å². The summed E-state index contributed by atoms with van der Waals surface area (Å²) in [5, 5.41) is 0. The summed E-state index contributed by atoms with van der Waals surface area (Å²) in [6.45, 7) is 1.74. The van der Waals surface area contributed by atoms with Crippen molar-refractivity contribution in [2.45, 2.75) is 25.7 Å². The lowest BCUT2D eigenvalue weighted by Gasteiger charge is -2.26. The molecule has 9 heteroatoms. The van der Waals surface area contributed by atoms with Crippen LogP contribution in [0.4, 0.5) is 16.2 Å². The highest BCUT2D eigenvalue weighted by molar-refractivity contribution is 6.00. The highest BCUT2D eigenvalue weighted by Gasteiger charge is 2.31. The summed E-state index contributed by atoms with van der Waals surface area (Å²) in [6, 6.07) is 4.39. The molecule has 3 aromatic rings. The van der Waals surface area contributed by atoms with E-state index in [0.29, 0.717) is 34.6 Å². The van der Waals surface area contributed by atoms with Crippen LogP contribution in [0.25, 0.3) is 11.3 Å². The van der Waals surface area contributed by atoms with Gasteiger partial charge in [-0.2, -0.15) is 0 Å². The van der Waals surface area contributed by atoms with E-state index in [-0.39, 0.29) is 35.8 Å². The van der Waals surface area contributed by atoms with Crippen LogP contribution in [-0.2, 0) is 6.42 Å². The van der Waals surface area contributed by atoms with E-state index >= 15 is 0 Å². The van der Waals surface area contributed by atoms with Crippen molar-refractivity contribution in [3.8, 4) is 17.1 Å². The van der Waals surface area contributed by atoms with Gasteiger partial charge in [-0.15, -0.1) is 0 Å². The van der Waals surface area contributed by atoms with Gasteiger partial charge in [0.2, 0.25) is 5.95 Å². The largest absolute Gasteiger partial charge is 0.478 e. The molecule has 4 N–H and O–H groups in total. The van der Waals surface area contributed by atoms with Crippen LogP contribution in [0, 0.1) is 12.7 Å². The van der Waals surface area contributed by atoms with E-state index in [4.69, 9.17) is 16.2 Å². The number of aryl methyl sites for hydroxylation is 1. The molecule has 0 saturated heterocycles. The second-order valence-electron chi connectivity index (χ2n) is 6.90. The molecule has 0 aliphatic heterocycles. The second-order valence-corrected chi connectivity index (χ2v) is 6.90. The lowest BCUT2D eigenvalue weighted by molar-refractivity contribution is 0.0962. The van der Waals surface area contributed by atoms with Gasteiger partial charge in [0, 0.05) is 12.0 Å². The molecule has 1 aliphatic rings. The van der Waals surface area contributed by atoms with Gasteiger partial charge in [-0.3, -0.25) is 4.79 Å². The first-order chi connectivity index (χ1) is 13.9. The average molecular weight is 394 g/mol. The molecule has 1 unspecified atom stereocenters. The number of nitrogens with zero attached hydrogens (tertiary/aromatic N) is 4. The third kappa shape index (κ3) is 3.35. The molecule has 0 bridgehead atoms. The Morgan fingerprint density at radius 3 is 2.72 bits per heavy atom. The van der Waals surface area contributed by atoms with Gasteiger partial charge in [-0.25, -0.2) is 24.3 Å². The minimum atomic E-state index is -0.425. The highest BCUT2D eigenvalue weighted by Crippen LogP contribution is 2.38. The summed E-state index contributed by atoms with van der Waals surface area (Å²) >= 11 is 0. The molecule has 0 saturated carbocycles. The molecule has 8 nitrogen and oxygen atoms in total. The molecule has 0 spiro atoms. The van der Waals surface area contributed by atoms with Crippen LogP contribution in [0.15, 0.2) is 24.4 Å². The summed E-state index contributed by atoms with van der Waals surface area (Å²) in [7, 11) is 1.43. The van der Waals surface area contributed by atoms with Gasteiger partial charge in [0.05, 0.1) is 36.0 Å². The molecule has 4 rings (SSSR count). The Balaban J connectivity index is 1.82. The topological polar surface area (TPSA) is 130 Å². The normalized spacial score (nSPS) is 15.8. The minimum absolute atomic E-state index is 0.0648. The van der Waals surface area contributed by atoms with Crippen molar-refractivity contribution >= 4 is 17.5 Å². The fraction of sp³-hybridized carbons (Fsp3) is 0.250. The zero-order chi connectivity index (χ0) is 20.7. The molecule has 1 atom stereocenters. The minimum Gasteiger partial charge on any atom is -0.478 e. The van der Waals surface area contributed by atoms with Gasteiger partial charge in [0.15, 0.2) is 11.6 Å². The van der Waals surface area contributed by atoms with Crippen molar-refractivity contribution in [2.24, 2.45) is 0 Å². The van der Waals surface area contributed by atoms with Gasteiger partial charge in [-0.05, 0) is 37.0 Å². The number of anilines is 2. The number of rotatable bonds is 3. The molecule has 0 radical (unpaired) electrons. The predicted octanol–water partition coefficient (Wildman–Crippen LogP) is 2.47. The molecule has 0 amide bonds. The number of methoxy groups -OCH3 is 1. The Hall–Kier alpha value is -3.62. The predicted molar refractivity (Wildman–Crippen MR) is 105 cm³/mol. The summed E-state index contributed by atoms with van der Waals surface area (Å²) in [5.41, 5.74) is 14.9. The van der Waals surface area contributed by atoms with Crippen LogP contribution in [-0.4, -0.2) is 32.8 Å². The van der Waals surface area contributed by atoms with Gasteiger partial charge >= 0.3 is 0 Å². The molecule has 2 heterocycles. The number of halogens is 1. The summed E-state index contributed by atoms with van der Waals surface area (Å²) < 4.78 is 19.2. The van der Waals surface area contributed by atoms with E-state index in [1.54, 1.807) is 13.0 Å². The van der Waals surface area contributed by atoms with E-state index in [2.05, 4.69) is 19.9 Å². The first kappa shape index (κ1) is 18.7. The molecule has 1 aliphatic carbocycles. The smallest absolute Gasteiger partial charge is 0.257 e. The van der Waals surface area contributed by atoms with Crippen LogP contribution in [0.1, 0.15) is 39.6 Å². The average Bonchev–Trinajstić information content (AvgIpc) is 2.67. The second kappa shape index (κ2) is 7.08. The number of benzene rings is 1. The van der Waals surface area contributed by atoms with Crippen molar-refractivity contribution in [3.63, 3.8) is 0 Å². The third-order valence-electron chi connectivity index (χ3n) is 5.02. The Morgan fingerprint density at radius 1 is 1.17 bits per heavy atom. The molecule has 0 fully saturated rings. The van der Waals surface area contributed by atoms with Crippen LogP contribution in [0.3, 0.4) is 0 Å². The third-order valence-corrected chi connectivity index (χ3v) is 5.02. The first-order valence-corrected chi connectivity index (χ1v) is 9.00. The SMILES string of the molecule is COc1nc(-c2cc(F)ccc2C2CC(=O)c3c(C)nc(N)nc3C2)cnc1N. The highest BCUT2D eigenvalue weighted by atomic mass is 19.1. The van der Waals surface area contributed by atoms with Gasteiger partial charge in [0.25, 0.3) is 5.88 Å². The number of hydrogen-bond donors (Lipinski definition) is 2. The monoisotopic (exact) mass is 394 g/mol. The van der Waals surface area contributed by atoms with E-state index in [9.17, 15) is 9.18 Å². The first-order valence-electron chi connectivity index (χ1n) is 9.00. The number of ketones is 1. The quantitative estimate of drug-likeness (QED) is 0.693. The number of ether oxygens (including phenoxy) is 1. The summed E-state index contributed by atoms with van der Waals surface area (Å²) in [6.07, 6.45) is 2.19. The molecular weight excluding hydrogens is 375 g/mol. The van der Waals surface area contributed by atoms with Crippen LogP contribution < -0.4 is 16.2 Å². The number of Topliss-reactive ketones (excluding diaryl/α,β-unsaturated/α-hetero) is 1. The van der Waals surface area contributed by atoms with Crippen molar-refractivity contribution in [3.05, 3.63) is 52.7 Å². The maximum atomic E-state index is 14.1. The lowest BCUT2D eigenvalue weighted by atomic mass is 9.79. The van der Waals surface area contributed by atoms with E-state index in [0.717, 1.165) is 5.56 Å². The number of hydrogen-bond acceptors (Lipinski definition) is 8. The number of carbonyl (C=O) groups excluding carboxylic acids is 1. The van der Waals surface area contributed by atoms with Crippen molar-refractivity contribution in [1.29, 1.82) is 0 Å². The fourth-order valence-electron chi connectivity index (χ4n) is 3.79. The molecule has 148 valence electrons. The van der Waals surface area contributed by atoms with Crippen LogP contribution >= 0.6 is 0 Å². The maximum absolute atomic E-state index is 14.1. The van der Waals surface area contributed by atoms with E-state index in [1.165, 1.54) is 25.4 Å². The number of nitrogen functional groups attached to an aromatic ring is 2. The van der Waals surface area contributed by atoms with Crippen molar-refractivity contribution in [2.75, 3.05) is 18.6 Å². The zero-order valence-electron chi connectivity index (χ0n) is 15.9. The van der Waals surface area contributed by atoms with E-state index < -0.39 is 5.82 Å². The molecule has 29 heavy (non-hydrogen) atoms. The van der Waals surface area contributed by atoms with Crippen molar-refractivity contribution < 1.29 is 13.9 Å². The zero-order valence-corrected chi connectivity index (χ0v) is 15.9. The van der Waals surface area contributed by atoms with Gasteiger partial charge in [0.1, 0.15) is 5.82 Å². The Morgan fingerprint density at radius 2 is 1.97 bits per heavy atom. The Labute approximate surface area is 166 Å².